The van der Waals surface area contributed by atoms with Gasteiger partial charge in [-0.3, -0.25) is 4.79 Å². The highest BCUT2D eigenvalue weighted by Gasteiger charge is 2.03. The fourth-order valence-corrected chi connectivity index (χ4v) is 2.92. The minimum Gasteiger partial charge on any atom is -0.345 e. The van der Waals surface area contributed by atoms with Crippen molar-refractivity contribution >= 4 is 23.5 Å². The number of hydrogen-bond acceptors (Lipinski definition) is 3. The van der Waals surface area contributed by atoms with E-state index < -0.39 is 0 Å². The zero-order valence-corrected chi connectivity index (χ0v) is 16.1. The molecule has 1 amide bonds. The van der Waals surface area contributed by atoms with E-state index in [1.54, 1.807) is 6.21 Å². The van der Waals surface area contributed by atoms with Crippen molar-refractivity contribution < 1.29 is 4.79 Å². The first-order valence-corrected chi connectivity index (χ1v) is 9.47. The van der Waals surface area contributed by atoms with E-state index in [1.165, 1.54) is 5.56 Å². The summed E-state index contributed by atoms with van der Waals surface area (Å²) in [4.78, 5) is 14.0. The van der Waals surface area contributed by atoms with Crippen LogP contribution in [0.25, 0.3) is 0 Å². The number of aryl methyl sites for hydroxylation is 1. The van der Waals surface area contributed by atoms with Crippen LogP contribution in [-0.4, -0.2) is 19.2 Å². The minimum atomic E-state index is -0.0624. The molecule has 0 aliphatic rings. The number of hydrazone groups is 1. The highest BCUT2D eigenvalue weighted by molar-refractivity contribution is 5.83. The summed E-state index contributed by atoms with van der Waals surface area (Å²) >= 11 is 0. The van der Waals surface area contributed by atoms with Crippen molar-refractivity contribution in [3.63, 3.8) is 0 Å². The van der Waals surface area contributed by atoms with Gasteiger partial charge < -0.3 is 4.90 Å². The van der Waals surface area contributed by atoms with Crippen LogP contribution in [0.5, 0.6) is 0 Å². The van der Waals surface area contributed by atoms with E-state index in [-0.39, 0.29) is 5.91 Å². The van der Waals surface area contributed by atoms with Crippen LogP contribution < -0.4 is 10.3 Å². The summed E-state index contributed by atoms with van der Waals surface area (Å²) in [7, 11) is 2.04. The fourth-order valence-electron chi connectivity index (χ4n) is 2.92. The monoisotopic (exact) mass is 371 g/mol. The van der Waals surface area contributed by atoms with Crippen molar-refractivity contribution in [2.75, 3.05) is 11.9 Å². The number of para-hydroxylation sites is 1. The molecule has 0 unspecified atom stereocenters. The van der Waals surface area contributed by atoms with Crippen LogP contribution in [0.4, 0.5) is 11.4 Å². The van der Waals surface area contributed by atoms with Crippen LogP contribution >= 0.6 is 0 Å². The molecule has 0 bridgehead atoms. The molecule has 0 saturated heterocycles. The van der Waals surface area contributed by atoms with Crippen LogP contribution in [0.3, 0.4) is 0 Å². The summed E-state index contributed by atoms with van der Waals surface area (Å²) in [6.45, 7) is 0. The van der Waals surface area contributed by atoms with E-state index >= 15 is 0 Å². The quantitative estimate of drug-likeness (QED) is 0.451. The Morgan fingerprint density at radius 1 is 0.893 bits per heavy atom. The Morgan fingerprint density at radius 3 is 2.18 bits per heavy atom. The largest absolute Gasteiger partial charge is 0.345 e. The third-order valence-corrected chi connectivity index (χ3v) is 4.54. The molecule has 28 heavy (non-hydrogen) atoms. The average Bonchev–Trinajstić information content (AvgIpc) is 2.75. The second kappa shape index (κ2) is 10.1. The van der Waals surface area contributed by atoms with Crippen molar-refractivity contribution in [2.45, 2.75) is 19.3 Å². The number of carbonyl (C=O) groups is 1. The number of carbonyl (C=O) groups excluding carboxylic acids is 1. The number of hydrogen-bond donors (Lipinski definition) is 1. The van der Waals surface area contributed by atoms with E-state index in [1.807, 2.05) is 67.7 Å². The molecule has 0 saturated carbocycles. The zero-order chi connectivity index (χ0) is 19.6. The smallest absolute Gasteiger partial charge is 0.240 e. The topological polar surface area (TPSA) is 44.7 Å². The summed E-state index contributed by atoms with van der Waals surface area (Å²) < 4.78 is 0. The van der Waals surface area contributed by atoms with Gasteiger partial charge in [-0.05, 0) is 48.2 Å². The first-order valence-electron chi connectivity index (χ1n) is 9.47. The normalized spacial score (nSPS) is 10.8. The van der Waals surface area contributed by atoms with Crippen LogP contribution in [0.1, 0.15) is 24.0 Å². The van der Waals surface area contributed by atoms with Crippen molar-refractivity contribution in [3.8, 4) is 0 Å². The summed E-state index contributed by atoms with van der Waals surface area (Å²) in [6.07, 6.45) is 3.84. The lowest BCUT2D eigenvalue weighted by molar-refractivity contribution is -0.121. The second-order valence-corrected chi connectivity index (χ2v) is 6.62. The van der Waals surface area contributed by atoms with Gasteiger partial charge in [0.2, 0.25) is 5.91 Å². The SMILES string of the molecule is CN(c1ccccc1)c1ccc(/C=N/NC(=O)CCCc2ccccc2)cc1. The molecule has 4 heteroatoms. The molecule has 0 aliphatic carbocycles. The molecule has 0 fully saturated rings. The molecule has 0 aromatic heterocycles. The summed E-state index contributed by atoms with van der Waals surface area (Å²) in [6, 6.07) is 28.4. The molecule has 0 heterocycles. The number of nitrogens with zero attached hydrogens (tertiary/aromatic N) is 2. The lowest BCUT2D eigenvalue weighted by Gasteiger charge is -2.19. The third kappa shape index (κ3) is 5.81. The first-order chi connectivity index (χ1) is 13.7. The molecule has 3 aromatic rings. The Kier molecular flexibility index (Phi) is 6.96. The Labute approximate surface area is 166 Å². The molecule has 3 aromatic carbocycles. The highest BCUT2D eigenvalue weighted by atomic mass is 16.2. The van der Waals surface area contributed by atoms with Crippen molar-refractivity contribution in [3.05, 3.63) is 96.1 Å². The second-order valence-electron chi connectivity index (χ2n) is 6.62. The predicted molar refractivity (Wildman–Crippen MR) is 116 cm³/mol. The summed E-state index contributed by atoms with van der Waals surface area (Å²) in [5.41, 5.74) is 7.01. The van der Waals surface area contributed by atoms with Gasteiger partial charge in [0.25, 0.3) is 0 Å². The van der Waals surface area contributed by atoms with Gasteiger partial charge in [0, 0.05) is 24.8 Å². The third-order valence-electron chi connectivity index (χ3n) is 4.54. The molecule has 4 nitrogen and oxygen atoms in total. The Bertz CT molecular complexity index is 890. The van der Waals surface area contributed by atoms with Gasteiger partial charge in [-0.1, -0.05) is 60.7 Å². The van der Waals surface area contributed by atoms with E-state index in [0.29, 0.717) is 6.42 Å². The van der Waals surface area contributed by atoms with E-state index in [4.69, 9.17) is 0 Å². The molecule has 0 atom stereocenters. The fraction of sp³-hybridized carbons (Fsp3) is 0.167. The van der Waals surface area contributed by atoms with Gasteiger partial charge in [0.05, 0.1) is 6.21 Å². The zero-order valence-electron chi connectivity index (χ0n) is 16.1. The Hall–Kier alpha value is -3.40. The summed E-state index contributed by atoms with van der Waals surface area (Å²) in [5, 5.41) is 4.06. The van der Waals surface area contributed by atoms with Crippen molar-refractivity contribution in [1.82, 2.24) is 5.43 Å². The summed E-state index contributed by atoms with van der Waals surface area (Å²) in [5.74, 6) is -0.0624. The van der Waals surface area contributed by atoms with E-state index in [9.17, 15) is 4.79 Å². The highest BCUT2D eigenvalue weighted by Crippen LogP contribution is 2.22. The standard InChI is InChI=1S/C24H25N3O/c1-27(22-12-6-3-7-13-22)23-17-15-21(16-18-23)19-25-26-24(28)14-8-11-20-9-4-2-5-10-20/h2-7,9-10,12-13,15-19H,8,11,14H2,1H3,(H,26,28)/b25-19+. The molecular formula is C24H25N3O. The molecule has 0 spiro atoms. The van der Waals surface area contributed by atoms with Gasteiger partial charge in [-0.15, -0.1) is 0 Å². The molecule has 1 N–H and O–H groups in total. The number of anilines is 2. The number of rotatable bonds is 8. The predicted octanol–water partition coefficient (Wildman–Crippen LogP) is 4.93. The van der Waals surface area contributed by atoms with E-state index in [2.05, 4.69) is 39.7 Å². The van der Waals surface area contributed by atoms with Crippen molar-refractivity contribution in [1.29, 1.82) is 0 Å². The van der Waals surface area contributed by atoms with Crippen LogP contribution in [0, 0.1) is 0 Å². The minimum absolute atomic E-state index is 0.0624. The maximum Gasteiger partial charge on any atom is 0.240 e. The van der Waals surface area contributed by atoms with Gasteiger partial charge in [-0.25, -0.2) is 5.43 Å². The van der Waals surface area contributed by atoms with Crippen LogP contribution in [0.2, 0.25) is 0 Å². The molecule has 142 valence electrons. The van der Waals surface area contributed by atoms with Gasteiger partial charge in [0.15, 0.2) is 0 Å². The maximum atomic E-state index is 11.9. The van der Waals surface area contributed by atoms with Crippen molar-refractivity contribution in [2.24, 2.45) is 5.10 Å². The number of amides is 1. The molecule has 0 aliphatic heterocycles. The molecule has 3 rings (SSSR count). The first kappa shape index (κ1) is 19.4. The average molecular weight is 371 g/mol. The number of benzene rings is 3. The lowest BCUT2D eigenvalue weighted by atomic mass is 10.1. The van der Waals surface area contributed by atoms with Crippen LogP contribution in [0.15, 0.2) is 90.0 Å². The molecule has 0 radical (unpaired) electrons. The Balaban J connectivity index is 1.44. The molecular weight excluding hydrogens is 346 g/mol. The van der Waals surface area contributed by atoms with Crippen LogP contribution in [-0.2, 0) is 11.2 Å². The number of nitrogens with one attached hydrogen (secondary N) is 1. The Morgan fingerprint density at radius 2 is 1.50 bits per heavy atom. The lowest BCUT2D eigenvalue weighted by Crippen LogP contribution is -2.17. The van der Waals surface area contributed by atoms with Gasteiger partial charge in [-0.2, -0.15) is 5.10 Å². The maximum absolute atomic E-state index is 11.9. The van der Waals surface area contributed by atoms with E-state index in [0.717, 1.165) is 29.8 Å². The van der Waals surface area contributed by atoms with Gasteiger partial charge >= 0.3 is 0 Å². The van der Waals surface area contributed by atoms with Gasteiger partial charge in [0.1, 0.15) is 0 Å².